The summed E-state index contributed by atoms with van der Waals surface area (Å²) in [4.78, 5) is 11.9. The van der Waals surface area contributed by atoms with Gasteiger partial charge in [-0.3, -0.25) is 4.79 Å². The van der Waals surface area contributed by atoms with Gasteiger partial charge in [-0.25, -0.2) is 0 Å². The van der Waals surface area contributed by atoms with Gasteiger partial charge in [0.2, 0.25) is 5.91 Å². The van der Waals surface area contributed by atoms with Crippen molar-refractivity contribution in [3.63, 3.8) is 0 Å². The maximum Gasteiger partial charge on any atom is 0.234 e. The van der Waals surface area contributed by atoms with Crippen LogP contribution in [-0.2, 0) is 11.3 Å². The number of primary amides is 1. The summed E-state index contributed by atoms with van der Waals surface area (Å²) in [7, 11) is 0. The molecule has 0 spiro atoms. The van der Waals surface area contributed by atoms with Crippen molar-refractivity contribution >= 4 is 29.0 Å². The Bertz CT molecular complexity index is 629. The number of rotatable bonds is 5. The minimum atomic E-state index is -0.508. The van der Waals surface area contributed by atoms with Crippen LogP contribution in [0.4, 0.5) is 0 Å². The lowest BCUT2D eigenvalue weighted by Crippen LogP contribution is -2.38. The van der Waals surface area contributed by atoms with Crippen molar-refractivity contribution in [2.45, 2.75) is 49.1 Å². The molecule has 2 heterocycles. The topological polar surface area (TPSA) is 73.8 Å². The molecule has 0 atom stereocenters. The van der Waals surface area contributed by atoms with Crippen molar-refractivity contribution in [3.8, 4) is 11.4 Å². The Morgan fingerprint density at radius 2 is 2.24 bits per heavy atom. The number of aromatic nitrogens is 3. The molecular weight excluding hydrogens is 304 g/mol. The fourth-order valence-electron chi connectivity index (χ4n) is 2.77. The van der Waals surface area contributed by atoms with Crippen LogP contribution in [0.1, 0.15) is 32.6 Å². The molecule has 0 unspecified atom stereocenters. The highest BCUT2D eigenvalue weighted by molar-refractivity contribution is 8.01. The van der Waals surface area contributed by atoms with Gasteiger partial charge in [0.05, 0.1) is 0 Å². The van der Waals surface area contributed by atoms with Gasteiger partial charge in [0.25, 0.3) is 0 Å². The Hall–Kier alpha value is -1.34. The molecule has 1 saturated carbocycles. The van der Waals surface area contributed by atoms with Crippen LogP contribution in [0.5, 0.6) is 0 Å². The van der Waals surface area contributed by atoms with E-state index in [0.717, 1.165) is 48.8 Å². The van der Waals surface area contributed by atoms with Crippen LogP contribution in [-0.4, -0.2) is 25.4 Å². The van der Waals surface area contributed by atoms with Gasteiger partial charge >= 0.3 is 0 Å². The number of nitrogens with zero attached hydrogens (tertiary/aromatic N) is 3. The normalized spacial score (nSPS) is 17.2. The second kappa shape index (κ2) is 5.81. The Balaban J connectivity index is 1.94. The third-order valence-corrected chi connectivity index (χ3v) is 6.13. The molecule has 5 nitrogen and oxygen atoms in total. The molecule has 0 aromatic carbocycles. The van der Waals surface area contributed by atoms with E-state index in [-0.39, 0.29) is 5.91 Å². The number of hydrogen-bond donors (Lipinski definition) is 1. The highest BCUT2D eigenvalue weighted by atomic mass is 32.2. The maximum absolute atomic E-state index is 11.9. The van der Waals surface area contributed by atoms with Gasteiger partial charge in [-0.1, -0.05) is 24.6 Å². The number of thioether (sulfide) groups is 1. The summed E-state index contributed by atoms with van der Waals surface area (Å²) in [5, 5.41) is 13.5. The van der Waals surface area contributed by atoms with Crippen LogP contribution in [0.2, 0.25) is 0 Å². The number of thiophene rings is 1. The van der Waals surface area contributed by atoms with Gasteiger partial charge in [0.1, 0.15) is 4.75 Å². The summed E-state index contributed by atoms with van der Waals surface area (Å²) in [6.45, 7) is 2.84. The molecule has 2 aromatic rings. The third-order valence-electron chi connectivity index (χ3n) is 3.96. The van der Waals surface area contributed by atoms with Crippen molar-refractivity contribution in [2.24, 2.45) is 5.73 Å². The summed E-state index contributed by atoms with van der Waals surface area (Å²) >= 11 is 3.13. The molecule has 0 bridgehead atoms. The molecule has 0 aliphatic heterocycles. The molecule has 1 aliphatic carbocycles. The lowest BCUT2D eigenvalue weighted by Gasteiger charge is -2.23. The fourth-order valence-corrected chi connectivity index (χ4v) is 4.76. The van der Waals surface area contributed by atoms with Crippen LogP contribution in [0, 0.1) is 0 Å². The summed E-state index contributed by atoms with van der Waals surface area (Å²) in [6, 6.07) is 2.04. The largest absolute Gasteiger partial charge is 0.368 e. The highest BCUT2D eigenvalue weighted by Crippen LogP contribution is 2.45. The maximum atomic E-state index is 11.9. The minimum absolute atomic E-state index is 0.229. The van der Waals surface area contributed by atoms with Crippen molar-refractivity contribution in [1.29, 1.82) is 0 Å². The Labute approximate surface area is 131 Å². The van der Waals surface area contributed by atoms with Gasteiger partial charge in [0, 0.05) is 17.5 Å². The van der Waals surface area contributed by atoms with E-state index in [1.807, 2.05) is 11.4 Å². The zero-order valence-electron chi connectivity index (χ0n) is 11.9. The molecule has 7 heteroatoms. The predicted molar refractivity (Wildman–Crippen MR) is 85.3 cm³/mol. The van der Waals surface area contributed by atoms with Gasteiger partial charge in [0.15, 0.2) is 11.0 Å². The molecule has 0 radical (unpaired) electrons. The second-order valence-corrected chi connectivity index (χ2v) is 7.36. The standard InChI is InChI=1S/C14H18N4OS2/c1-2-18-11(10-5-8-20-9-10)16-17-13(18)21-14(12(15)19)6-3-4-7-14/h5,8-9H,2-4,6-7H2,1H3,(H2,15,19). The van der Waals surface area contributed by atoms with E-state index in [4.69, 9.17) is 5.73 Å². The van der Waals surface area contributed by atoms with Gasteiger partial charge in [-0.05, 0) is 31.2 Å². The number of carbonyl (C=O) groups is 1. The monoisotopic (exact) mass is 322 g/mol. The average molecular weight is 322 g/mol. The molecule has 3 rings (SSSR count). The molecule has 2 N–H and O–H groups in total. The van der Waals surface area contributed by atoms with E-state index in [0.29, 0.717) is 0 Å². The van der Waals surface area contributed by atoms with Gasteiger partial charge in [-0.15, -0.1) is 10.2 Å². The number of nitrogens with two attached hydrogens (primary N) is 1. The van der Waals surface area contributed by atoms with Crippen molar-refractivity contribution in [2.75, 3.05) is 0 Å². The zero-order chi connectivity index (χ0) is 14.9. The number of hydrogen-bond acceptors (Lipinski definition) is 5. The van der Waals surface area contributed by atoms with Crippen LogP contribution < -0.4 is 5.73 Å². The smallest absolute Gasteiger partial charge is 0.234 e. The van der Waals surface area contributed by atoms with E-state index in [1.54, 1.807) is 11.3 Å². The number of carbonyl (C=O) groups excluding carboxylic acids is 1. The first kappa shape index (κ1) is 14.6. The summed E-state index contributed by atoms with van der Waals surface area (Å²) in [5.74, 6) is 0.631. The van der Waals surface area contributed by atoms with Crippen LogP contribution in [0.3, 0.4) is 0 Å². The Morgan fingerprint density at radius 1 is 1.48 bits per heavy atom. The lowest BCUT2D eigenvalue weighted by molar-refractivity contribution is -0.120. The molecule has 2 aromatic heterocycles. The SMILES string of the molecule is CCn1c(SC2(C(N)=O)CCCC2)nnc1-c1ccsc1. The first-order valence-electron chi connectivity index (χ1n) is 7.11. The van der Waals surface area contributed by atoms with Crippen LogP contribution >= 0.6 is 23.1 Å². The third kappa shape index (κ3) is 2.60. The quantitative estimate of drug-likeness (QED) is 0.918. The van der Waals surface area contributed by atoms with Crippen LogP contribution in [0.25, 0.3) is 11.4 Å². The summed E-state index contributed by atoms with van der Waals surface area (Å²) < 4.78 is 1.56. The fraction of sp³-hybridized carbons (Fsp3) is 0.500. The average Bonchev–Trinajstić information content (AvgIpc) is 3.19. The Kier molecular flexibility index (Phi) is 4.03. The van der Waals surface area contributed by atoms with Gasteiger partial charge < -0.3 is 10.3 Å². The molecule has 21 heavy (non-hydrogen) atoms. The molecule has 1 aliphatic rings. The second-order valence-electron chi connectivity index (χ2n) is 5.23. The molecule has 1 amide bonds. The van der Waals surface area contributed by atoms with E-state index in [1.165, 1.54) is 11.8 Å². The van der Waals surface area contributed by atoms with E-state index >= 15 is 0 Å². The number of amides is 1. The molecule has 1 fully saturated rings. The minimum Gasteiger partial charge on any atom is -0.368 e. The van der Waals surface area contributed by atoms with E-state index in [2.05, 4.69) is 27.1 Å². The molecular formula is C14H18N4OS2. The van der Waals surface area contributed by atoms with E-state index in [9.17, 15) is 4.79 Å². The molecule has 112 valence electrons. The van der Waals surface area contributed by atoms with Crippen LogP contribution in [0.15, 0.2) is 22.0 Å². The predicted octanol–water partition coefficient (Wildman–Crippen LogP) is 2.92. The van der Waals surface area contributed by atoms with Crippen molar-refractivity contribution < 1.29 is 4.79 Å². The molecule has 0 saturated heterocycles. The lowest BCUT2D eigenvalue weighted by atomic mass is 10.1. The Morgan fingerprint density at radius 3 is 2.81 bits per heavy atom. The summed E-state index contributed by atoms with van der Waals surface area (Å²) in [6.07, 6.45) is 3.76. The van der Waals surface area contributed by atoms with E-state index < -0.39 is 4.75 Å². The van der Waals surface area contributed by atoms with Gasteiger partial charge in [-0.2, -0.15) is 11.3 Å². The van der Waals surface area contributed by atoms with Crippen molar-refractivity contribution in [1.82, 2.24) is 14.8 Å². The summed E-state index contributed by atoms with van der Waals surface area (Å²) in [5.41, 5.74) is 6.73. The first-order valence-corrected chi connectivity index (χ1v) is 8.87. The first-order chi connectivity index (χ1) is 10.2. The highest BCUT2D eigenvalue weighted by Gasteiger charge is 2.42. The van der Waals surface area contributed by atoms with Crippen molar-refractivity contribution in [3.05, 3.63) is 16.8 Å². The zero-order valence-corrected chi connectivity index (χ0v) is 13.5.